The lowest BCUT2D eigenvalue weighted by atomic mass is 9.84. The maximum absolute atomic E-state index is 11.8. The van der Waals surface area contributed by atoms with Crippen molar-refractivity contribution in [2.75, 3.05) is 7.11 Å². The molecule has 0 saturated carbocycles. The largest absolute Gasteiger partial charge is 0.493 e. The number of ether oxygens (including phenoxy) is 2. The zero-order valence-corrected chi connectivity index (χ0v) is 19.1. The molecule has 1 saturated heterocycles. The van der Waals surface area contributed by atoms with Crippen LogP contribution in [0.25, 0.3) is 6.08 Å². The van der Waals surface area contributed by atoms with Gasteiger partial charge < -0.3 is 14.8 Å². The monoisotopic (exact) mass is 424 g/mol. The third-order valence-electron chi connectivity index (χ3n) is 5.15. The number of benzene rings is 2. The Balaban J connectivity index is 1.80. The van der Waals surface area contributed by atoms with Crippen molar-refractivity contribution in [2.45, 2.75) is 46.6 Å². The summed E-state index contributed by atoms with van der Waals surface area (Å²) in [5.41, 5.74) is 6.25. The second-order valence-electron chi connectivity index (χ2n) is 8.50. The molecule has 30 heavy (non-hydrogen) atoms. The first kappa shape index (κ1) is 21.8. The van der Waals surface area contributed by atoms with Crippen LogP contribution in [0.1, 0.15) is 48.6 Å². The number of aryl methyl sites for hydroxylation is 2. The van der Waals surface area contributed by atoms with E-state index in [4.69, 9.17) is 21.7 Å². The summed E-state index contributed by atoms with van der Waals surface area (Å²) < 4.78 is 11.6. The summed E-state index contributed by atoms with van der Waals surface area (Å²) in [5, 5.41) is 5.69. The molecule has 0 bridgehead atoms. The van der Waals surface area contributed by atoms with E-state index in [-0.39, 0.29) is 11.3 Å². The highest BCUT2D eigenvalue weighted by molar-refractivity contribution is 7.80. The fourth-order valence-electron chi connectivity index (χ4n) is 3.35. The molecular weight excluding hydrogens is 396 g/mol. The fraction of sp³-hybridized carbons (Fsp3) is 0.333. The summed E-state index contributed by atoms with van der Waals surface area (Å²) in [6.45, 7) is 11.4. The second kappa shape index (κ2) is 8.48. The van der Waals surface area contributed by atoms with Crippen LogP contribution in [0.4, 0.5) is 0 Å². The average Bonchev–Trinajstić information content (AvgIpc) is 2.97. The van der Waals surface area contributed by atoms with Gasteiger partial charge in [-0.05, 0) is 77.5 Å². The van der Waals surface area contributed by atoms with Crippen molar-refractivity contribution in [1.29, 1.82) is 0 Å². The predicted molar refractivity (Wildman–Crippen MR) is 124 cm³/mol. The molecule has 2 aromatic carbocycles. The topological polar surface area (TPSA) is 59.6 Å². The Morgan fingerprint density at radius 3 is 2.23 bits per heavy atom. The maximum Gasteiger partial charge on any atom is 0.273 e. The van der Waals surface area contributed by atoms with Gasteiger partial charge in [-0.3, -0.25) is 10.1 Å². The summed E-state index contributed by atoms with van der Waals surface area (Å²) in [5.74, 6) is 1.01. The van der Waals surface area contributed by atoms with Crippen LogP contribution >= 0.6 is 12.2 Å². The zero-order chi connectivity index (χ0) is 22.1. The molecule has 1 aliphatic rings. The molecule has 5 nitrogen and oxygen atoms in total. The van der Waals surface area contributed by atoms with Crippen LogP contribution in [0, 0.1) is 13.8 Å². The number of rotatable bonds is 5. The molecule has 2 aromatic rings. The SMILES string of the molecule is COc1cc(/C=C2\NC(=S)NC2=O)ccc1OCc1c(C)cc(C(C)(C)C)cc1C. The van der Waals surface area contributed by atoms with E-state index in [1.54, 1.807) is 13.2 Å². The number of hydrogen-bond donors (Lipinski definition) is 2. The highest BCUT2D eigenvalue weighted by atomic mass is 32.1. The minimum Gasteiger partial charge on any atom is -0.493 e. The van der Waals surface area contributed by atoms with Crippen molar-refractivity contribution < 1.29 is 14.3 Å². The van der Waals surface area contributed by atoms with Crippen LogP contribution in [0.15, 0.2) is 36.0 Å². The van der Waals surface area contributed by atoms with Crippen molar-refractivity contribution in [3.63, 3.8) is 0 Å². The van der Waals surface area contributed by atoms with Gasteiger partial charge in [-0.1, -0.05) is 39.0 Å². The third kappa shape index (κ3) is 4.82. The van der Waals surface area contributed by atoms with Gasteiger partial charge >= 0.3 is 0 Å². The Bertz CT molecular complexity index is 1010. The van der Waals surface area contributed by atoms with E-state index in [2.05, 4.69) is 57.4 Å². The number of thiocarbonyl (C=S) groups is 1. The molecule has 1 fully saturated rings. The molecule has 0 atom stereocenters. The van der Waals surface area contributed by atoms with E-state index in [0.717, 1.165) is 5.56 Å². The first-order chi connectivity index (χ1) is 14.1. The number of carbonyl (C=O) groups excluding carboxylic acids is 1. The number of nitrogens with one attached hydrogen (secondary N) is 2. The molecule has 158 valence electrons. The minimum atomic E-state index is -0.246. The highest BCUT2D eigenvalue weighted by Gasteiger charge is 2.20. The van der Waals surface area contributed by atoms with Crippen LogP contribution in [0.2, 0.25) is 0 Å². The van der Waals surface area contributed by atoms with Crippen molar-refractivity contribution in [3.8, 4) is 11.5 Å². The normalized spacial score (nSPS) is 15.2. The zero-order valence-electron chi connectivity index (χ0n) is 18.3. The predicted octanol–water partition coefficient (Wildman–Crippen LogP) is 4.53. The summed E-state index contributed by atoms with van der Waals surface area (Å²) in [6, 6.07) is 10.0. The van der Waals surface area contributed by atoms with E-state index in [1.807, 2.05) is 18.2 Å². The van der Waals surface area contributed by atoms with Gasteiger partial charge in [0.05, 0.1) is 7.11 Å². The van der Waals surface area contributed by atoms with Crippen molar-refractivity contribution in [1.82, 2.24) is 10.6 Å². The van der Waals surface area contributed by atoms with Crippen molar-refractivity contribution >= 4 is 29.3 Å². The van der Waals surface area contributed by atoms with Crippen LogP contribution in [-0.2, 0) is 16.8 Å². The number of hydrogen-bond acceptors (Lipinski definition) is 4. The maximum atomic E-state index is 11.8. The Morgan fingerprint density at radius 1 is 1.03 bits per heavy atom. The summed E-state index contributed by atoms with van der Waals surface area (Å²) >= 11 is 4.96. The van der Waals surface area contributed by atoms with Crippen molar-refractivity contribution in [2.24, 2.45) is 0 Å². The number of carbonyl (C=O) groups is 1. The third-order valence-corrected chi connectivity index (χ3v) is 5.36. The van der Waals surface area contributed by atoms with Gasteiger partial charge in [-0.2, -0.15) is 0 Å². The van der Waals surface area contributed by atoms with Crippen LogP contribution < -0.4 is 20.1 Å². The lowest BCUT2D eigenvalue weighted by Gasteiger charge is -2.22. The smallest absolute Gasteiger partial charge is 0.273 e. The quantitative estimate of drug-likeness (QED) is 0.545. The molecule has 0 unspecified atom stereocenters. The van der Waals surface area contributed by atoms with Crippen LogP contribution in [-0.4, -0.2) is 18.1 Å². The first-order valence-corrected chi connectivity index (χ1v) is 10.2. The van der Waals surface area contributed by atoms with Crippen LogP contribution in [0.5, 0.6) is 11.5 Å². The van der Waals surface area contributed by atoms with E-state index < -0.39 is 0 Å². The highest BCUT2D eigenvalue weighted by Crippen LogP contribution is 2.31. The molecule has 1 amide bonds. The molecule has 3 rings (SSSR count). The molecule has 1 aliphatic heterocycles. The second-order valence-corrected chi connectivity index (χ2v) is 8.91. The van der Waals surface area contributed by atoms with Gasteiger partial charge in [-0.15, -0.1) is 0 Å². The van der Waals surface area contributed by atoms with Gasteiger partial charge in [-0.25, -0.2) is 0 Å². The molecule has 2 N–H and O–H groups in total. The minimum absolute atomic E-state index is 0.108. The number of methoxy groups -OCH3 is 1. The molecule has 6 heteroatoms. The van der Waals surface area contributed by atoms with Gasteiger partial charge in [0, 0.05) is 0 Å². The first-order valence-electron chi connectivity index (χ1n) is 9.84. The molecule has 1 heterocycles. The standard InChI is InChI=1S/C24H28N2O3S/c1-14-9-17(24(3,4)5)10-15(2)18(14)13-29-20-8-7-16(12-21(20)28-6)11-19-22(27)26-23(30)25-19/h7-12H,13H2,1-6H3,(H2,25,26,27,30)/b19-11-. The Labute approximate surface area is 183 Å². The van der Waals surface area contributed by atoms with E-state index in [0.29, 0.717) is 28.9 Å². The van der Waals surface area contributed by atoms with Gasteiger partial charge in [0.2, 0.25) is 0 Å². The summed E-state index contributed by atoms with van der Waals surface area (Å²) in [4.78, 5) is 11.8. The molecule has 0 aliphatic carbocycles. The number of amides is 1. The average molecular weight is 425 g/mol. The molecular formula is C24H28N2O3S. The lowest BCUT2D eigenvalue weighted by molar-refractivity contribution is -0.115. The van der Waals surface area contributed by atoms with E-state index >= 15 is 0 Å². The Morgan fingerprint density at radius 2 is 1.70 bits per heavy atom. The van der Waals surface area contributed by atoms with Gasteiger partial charge in [0.25, 0.3) is 5.91 Å². The van der Waals surface area contributed by atoms with Crippen molar-refractivity contribution in [3.05, 3.63) is 63.8 Å². The summed E-state index contributed by atoms with van der Waals surface area (Å²) in [6.07, 6.45) is 1.72. The van der Waals surface area contributed by atoms with Gasteiger partial charge in [0.15, 0.2) is 16.6 Å². The van der Waals surface area contributed by atoms with Crippen LogP contribution in [0.3, 0.4) is 0 Å². The molecule has 0 aromatic heterocycles. The van der Waals surface area contributed by atoms with E-state index in [9.17, 15) is 4.79 Å². The van der Waals surface area contributed by atoms with Gasteiger partial charge in [0.1, 0.15) is 12.3 Å². The lowest BCUT2D eigenvalue weighted by Crippen LogP contribution is -2.21. The Kier molecular flexibility index (Phi) is 6.17. The molecule has 0 radical (unpaired) electrons. The molecule has 0 spiro atoms. The summed E-state index contributed by atoms with van der Waals surface area (Å²) in [7, 11) is 1.60. The van der Waals surface area contributed by atoms with E-state index in [1.165, 1.54) is 22.3 Å². The fourth-order valence-corrected chi connectivity index (χ4v) is 3.55. The Hall–Kier alpha value is -2.86.